The van der Waals surface area contributed by atoms with Crippen molar-refractivity contribution in [1.29, 1.82) is 0 Å². The van der Waals surface area contributed by atoms with Crippen molar-refractivity contribution in [3.8, 4) is 0 Å². The standard InChI is InChI=1S/C20H31NO4/c1-19(2,3)25-18(23)17-15(16(11-22)21-20(17,4)5)13-24-12-14-9-7-6-8-10-14/h6-10,15-17,21-22H,11-13H2,1-5H3/t15-,16+,17?/m0/s1. The zero-order valence-electron chi connectivity index (χ0n) is 15.9. The zero-order valence-corrected chi connectivity index (χ0v) is 15.9. The van der Waals surface area contributed by atoms with Crippen LogP contribution in [0.3, 0.4) is 0 Å². The molecule has 140 valence electrons. The number of aliphatic hydroxyl groups is 1. The molecule has 1 aliphatic heterocycles. The molecule has 1 aromatic rings. The normalized spacial score (nSPS) is 25.8. The number of carbonyl (C=O) groups excluding carboxylic acids is 1. The average Bonchev–Trinajstić information content (AvgIpc) is 2.77. The first-order valence-electron chi connectivity index (χ1n) is 8.87. The van der Waals surface area contributed by atoms with Crippen LogP contribution in [0.2, 0.25) is 0 Å². The van der Waals surface area contributed by atoms with E-state index in [9.17, 15) is 9.90 Å². The minimum absolute atomic E-state index is 0.0396. The maximum atomic E-state index is 12.8. The monoisotopic (exact) mass is 349 g/mol. The smallest absolute Gasteiger partial charge is 0.311 e. The minimum Gasteiger partial charge on any atom is -0.460 e. The lowest BCUT2D eigenvalue weighted by Crippen LogP contribution is -2.45. The summed E-state index contributed by atoms with van der Waals surface area (Å²) in [5.41, 5.74) is 0.0817. The molecule has 0 radical (unpaired) electrons. The molecule has 0 bridgehead atoms. The van der Waals surface area contributed by atoms with Crippen molar-refractivity contribution in [2.24, 2.45) is 11.8 Å². The highest BCUT2D eigenvalue weighted by Gasteiger charge is 2.52. The molecule has 2 rings (SSSR count). The Morgan fingerprint density at radius 3 is 2.44 bits per heavy atom. The highest BCUT2D eigenvalue weighted by atomic mass is 16.6. The van der Waals surface area contributed by atoms with Gasteiger partial charge in [0.2, 0.25) is 0 Å². The number of carbonyl (C=O) groups is 1. The number of benzene rings is 1. The molecule has 1 fully saturated rings. The topological polar surface area (TPSA) is 67.8 Å². The number of hydrogen-bond donors (Lipinski definition) is 2. The number of hydrogen-bond acceptors (Lipinski definition) is 5. The van der Waals surface area contributed by atoms with Gasteiger partial charge in [-0.15, -0.1) is 0 Å². The molecular formula is C20H31NO4. The summed E-state index contributed by atoms with van der Waals surface area (Å²) in [6.45, 7) is 10.4. The Bertz CT molecular complexity index is 565. The summed E-state index contributed by atoms with van der Waals surface area (Å²) >= 11 is 0. The molecule has 0 amide bonds. The van der Waals surface area contributed by atoms with Crippen LogP contribution in [0.25, 0.3) is 0 Å². The van der Waals surface area contributed by atoms with Crippen molar-refractivity contribution < 1.29 is 19.4 Å². The Kier molecular flexibility index (Phi) is 6.25. The summed E-state index contributed by atoms with van der Waals surface area (Å²) in [5.74, 6) is -0.757. The molecule has 0 spiro atoms. The predicted octanol–water partition coefficient (Wildman–Crippen LogP) is 2.52. The van der Waals surface area contributed by atoms with Crippen LogP contribution < -0.4 is 5.32 Å². The maximum Gasteiger partial charge on any atom is 0.311 e. The van der Waals surface area contributed by atoms with Gasteiger partial charge in [-0.1, -0.05) is 30.3 Å². The van der Waals surface area contributed by atoms with E-state index in [1.165, 1.54) is 0 Å². The van der Waals surface area contributed by atoms with Crippen LogP contribution in [0.1, 0.15) is 40.2 Å². The van der Waals surface area contributed by atoms with Crippen molar-refractivity contribution in [2.75, 3.05) is 13.2 Å². The van der Waals surface area contributed by atoms with Gasteiger partial charge in [-0.2, -0.15) is 0 Å². The molecule has 0 aliphatic carbocycles. The molecule has 3 atom stereocenters. The van der Waals surface area contributed by atoms with Crippen LogP contribution in [0.4, 0.5) is 0 Å². The molecule has 25 heavy (non-hydrogen) atoms. The van der Waals surface area contributed by atoms with Gasteiger partial charge < -0.3 is 19.9 Å². The lowest BCUT2D eigenvalue weighted by atomic mass is 9.81. The van der Waals surface area contributed by atoms with Crippen molar-refractivity contribution in [1.82, 2.24) is 5.32 Å². The maximum absolute atomic E-state index is 12.8. The highest BCUT2D eigenvalue weighted by molar-refractivity contribution is 5.75. The zero-order chi connectivity index (χ0) is 18.7. The summed E-state index contributed by atoms with van der Waals surface area (Å²) in [6, 6.07) is 9.73. The fourth-order valence-electron chi connectivity index (χ4n) is 3.56. The fourth-order valence-corrected chi connectivity index (χ4v) is 3.56. The van der Waals surface area contributed by atoms with Gasteiger partial charge in [0.15, 0.2) is 0 Å². The summed E-state index contributed by atoms with van der Waals surface area (Å²) in [7, 11) is 0. The van der Waals surface area contributed by atoms with Gasteiger partial charge in [-0.05, 0) is 40.2 Å². The lowest BCUT2D eigenvalue weighted by Gasteiger charge is -2.31. The Morgan fingerprint density at radius 2 is 1.88 bits per heavy atom. The summed E-state index contributed by atoms with van der Waals surface area (Å²) in [4.78, 5) is 12.8. The second-order valence-corrected chi connectivity index (χ2v) is 8.33. The third-order valence-corrected chi connectivity index (χ3v) is 4.56. The highest BCUT2D eigenvalue weighted by Crippen LogP contribution is 2.37. The van der Waals surface area contributed by atoms with Gasteiger partial charge >= 0.3 is 5.97 Å². The molecule has 1 aromatic carbocycles. The minimum atomic E-state index is -0.542. The van der Waals surface area contributed by atoms with E-state index in [1.807, 2.05) is 65.0 Å². The second-order valence-electron chi connectivity index (χ2n) is 8.33. The first kappa shape index (κ1) is 19.9. The number of aliphatic hydroxyl groups excluding tert-OH is 1. The molecule has 1 unspecified atom stereocenters. The van der Waals surface area contributed by atoms with E-state index in [0.717, 1.165) is 5.56 Å². The van der Waals surface area contributed by atoms with Crippen LogP contribution in [0.5, 0.6) is 0 Å². The van der Waals surface area contributed by atoms with E-state index >= 15 is 0 Å². The molecule has 1 aliphatic rings. The van der Waals surface area contributed by atoms with Gasteiger partial charge in [0.25, 0.3) is 0 Å². The van der Waals surface area contributed by atoms with Gasteiger partial charge in [0.05, 0.1) is 25.7 Å². The number of nitrogens with one attached hydrogen (secondary N) is 1. The fraction of sp³-hybridized carbons (Fsp3) is 0.650. The van der Waals surface area contributed by atoms with Crippen LogP contribution in [-0.2, 0) is 20.9 Å². The van der Waals surface area contributed by atoms with Crippen molar-refractivity contribution in [3.63, 3.8) is 0 Å². The van der Waals surface area contributed by atoms with Gasteiger partial charge in [-0.3, -0.25) is 4.79 Å². The molecule has 0 saturated carbocycles. The molecule has 5 nitrogen and oxygen atoms in total. The van der Waals surface area contributed by atoms with E-state index in [1.54, 1.807) is 0 Å². The Hall–Kier alpha value is -1.43. The Balaban J connectivity index is 2.08. The summed E-state index contributed by atoms with van der Waals surface area (Å²) in [5, 5.41) is 13.1. The average molecular weight is 349 g/mol. The van der Waals surface area contributed by atoms with E-state index in [-0.39, 0.29) is 30.5 Å². The largest absolute Gasteiger partial charge is 0.460 e. The number of esters is 1. The molecule has 2 N–H and O–H groups in total. The van der Waals surface area contributed by atoms with Crippen LogP contribution in [-0.4, -0.2) is 41.5 Å². The Morgan fingerprint density at radius 1 is 1.24 bits per heavy atom. The van der Waals surface area contributed by atoms with Gasteiger partial charge in [0, 0.05) is 17.5 Å². The van der Waals surface area contributed by atoms with E-state index in [0.29, 0.717) is 13.2 Å². The van der Waals surface area contributed by atoms with E-state index in [2.05, 4.69) is 5.32 Å². The summed E-state index contributed by atoms with van der Waals surface area (Å²) in [6.07, 6.45) is 0. The molecule has 1 saturated heterocycles. The summed E-state index contributed by atoms with van der Waals surface area (Å²) < 4.78 is 11.5. The Labute approximate surface area is 150 Å². The second kappa shape index (κ2) is 7.85. The van der Waals surface area contributed by atoms with E-state index in [4.69, 9.17) is 9.47 Å². The predicted molar refractivity (Wildman–Crippen MR) is 97.0 cm³/mol. The van der Waals surface area contributed by atoms with Crippen LogP contribution in [0, 0.1) is 11.8 Å². The van der Waals surface area contributed by atoms with Crippen LogP contribution in [0.15, 0.2) is 30.3 Å². The van der Waals surface area contributed by atoms with Gasteiger partial charge in [-0.25, -0.2) is 0 Å². The van der Waals surface area contributed by atoms with Crippen LogP contribution >= 0.6 is 0 Å². The van der Waals surface area contributed by atoms with E-state index < -0.39 is 11.1 Å². The molecule has 0 aromatic heterocycles. The lowest BCUT2D eigenvalue weighted by molar-refractivity contribution is -0.164. The molecular weight excluding hydrogens is 318 g/mol. The van der Waals surface area contributed by atoms with Crippen molar-refractivity contribution in [2.45, 2.75) is 58.4 Å². The third kappa shape index (κ3) is 5.27. The van der Waals surface area contributed by atoms with Gasteiger partial charge in [0.1, 0.15) is 5.60 Å². The third-order valence-electron chi connectivity index (χ3n) is 4.56. The first-order chi connectivity index (χ1) is 11.6. The molecule has 1 heterocycles. The SMILES string of the molecule is CC(C)(C)OC(=O)C1[C@@H](COCc2ccccc2)[C@@H](CO)NC1(C)C. The molecule has 5 heteroatoms. The number of rotatable bonds is 6. The quantitative estimate of drug-likeness (QED) is 0.773. The van der Waals surface area contributed by atoms with Crippen molar-refractivity contribution in [3.05, 3.63) is 35.9 Å². The first-order valence-corrected chi connectivity index (χ1v) is 8.87. The number of ether oxygens (including phenoxy) is 2. The van der Waals surface area contributed by atoms with Crippen molar-refractivity contribution >= 4 is 5.97 Å².